The Kier molecular flexibility index (Phi) is 4.54. The summed E-state index contributed by atoms with van der Waals surface area (Å²) in [5.41, 5.74) is 1.74. The van der Waals surface area contributed by atoms with E-state index < -0.39 is 10.0 Å². The molecule has 2 N–H and O–H groups in total. The van der Waals surface area contributed by atoms with Crippen LogP contribution in [0.4, 0.5) is 11.4 Å². The highest BCUT2D eigenvalue weighted by Crippen LogP contribution is 2.29. The first-order valence-corrected chi connectivity index (χ1v) is 12.0. The lowest BCUT2D eigenvalue weighted by molar-refractivity contribution is 0.103. The van der Waals surface area contributed by atoms with Gasteiger partial charge in [0.15, 0.2) is 4.96 Å². The van der Waals surface area contributed by atoms with E-state index in [4.69, 9.17) is 0 Å². The van der Waals surface area contributed by atoms with Crippen LogP contribution in [0.5, 0.6) is 0 Å². The van der Waals surface area contributed by atoms with Gasteiger partial charge in [0, 0.05) is 17.3 Å². The quantitative estimate of drug-likeness (QED) is 0.404. The second kappa shape index (κ2) is 7.24. The van der Waals surface area contributed by atoms with Crippen LogP contribution in [0.15, 0.2) is 77.1 Å². The Bertz CT molecular complexity index is 1480. The number of sulfonamides is 1. The first-order valence-electron chi connectivity index (χ1n) is 8.84. The van der Waals surface area contributed by atoms with Crippen molar-refractivity contribution in [2.75, 3.05) is 10.0 Å². The Labute approximate surface area is 179 Å². The van der Waals surface area contributed by atoms with Crippen LogP contribution in [-0.4, -0.2) is 23.7 Å². The molecule has 1 amide bonds. The van der Waals surface area contributed by atoms with Gasteiger partial charge in [-0.2, -0.15) is 0 Å². The standard InChI is InChI=1S/C20H14N4O3S3/c25-18(17-12-16-19(29-17)22-20-24(16)9-10-28-20)21-13-5-4-6-14(11-13)23-30(26,27)15-7-2-1-3-8-15/h1-12,23H,(H,21,25). The van der Waals surface area contributed by atoms with Crippen molar-refractivity contribution in [1.82, 2.24) is 9.38 Å². The molecule has 0 fully saturated rings. The number of anilines is 2. The summed E-state index contributed by atoms with van der Waals surface area (Å²) in [4.78, 5) is 19.6. The van der Waals surface area contributed by atoms with Crippen molar-refractivity contribution < 1.29 is 13.2 Å². The van der Waals surface area contributed by atoms with Crippen molar-refractivity contribution in [3.8, 4) is 0 Å². The summed E-state index contributed by atoms with van der Waals surface area (Å²) in [5.74, 6) is -0.273. The predicted molar refractivity (Wildman–Crippen MR) is 120 cm³/mol. The molecule has 0 radical (unpaired) electrons. The molecule has 0 bridgehead atoms. The maximum Gasteiger partial charge on any atom is 0.265 e. The molecule has 5 aromatic rings. The van der Waals surface area contributed by atoms with Crippen molar-refractivity contribution >= 4 is 65.3 Å². The molecule has 0 aliphatic carbocycles. The van der Waals surface area contributed by atoms with Gasteiger partial charge in [-0.1, -0.05) is 24.3 Å². The molecule has 2 aromatic carbocycles. The monoisotopic (exact) mass is 454 g/mol. The number of imidazole rings is 1. The third-order valence-electron chi connectivity index (χ3n) is 4.39. The molecular formula is C20H14N4O3S3. The molecule has 3 aromatic heterocycles. The zero-order valence-electron chi connectivity index (χ0n) is 15.3. The van der Waals surface area contributed by atoms with Crippen molar-refractivity contribution in [2.24, 2.45) is 0 Å². The topological polar surface area (TPSA) is 92.6 Å². The minimum atomic E-state index is -3.71. The second-order valence-electron chi connectivity index (χ2n) is 6.42. The SMILES string of the molecule is O=C(Nc1cccc(NS(=O)(=O)c2ccccc2)c1)c1cc2c(nc3sccn32)s1. The number of benzene rings is 2. The molecule has 150 valence electrons. The molecule has 0 atom stereocenters. The highest BCUT2D eigenvalue weighted by Gasteiger charge is 2.16. The fraction of sp³-hybridized carbons (Fsp3) is 0. The molecule has 0 saturated carbocycles. The van der Waals surface area contributed by atoms with E-state index in [0.717, 1.165) is 15.3 Å². The summed E-state index contributed by atoms with van der Waals surface area (Å²) in [6.07, 6.45) is 1.92. The molecular weight excluding hydrogens is 440 g/mol. The third-order valence-corrected chi connectivity index (χ3v) is 7.56. The first-order chi connectivity index (χ1) is 14.5. The lowest BCUT2D eigenvalue weighted by Gasteiger charge is -2.10. The maximum absolute atomic E-state index is 12.7. The molecule has 0 aliphatic heterocycles. The number of thiazole rings is 1. The fourth-order valence-corrected chi connectivity index (χ4v) is 5.79. The molecule has 0 aliphatic rings. The largest absolute Gasteiger partial charge is 0.321 e. The average molecular weight is 455 g/mol. The van der Waals surface area contributed by atoms with Crippen LogP contribution >= 0.6 is 22.7 Å². The second-order valence-corrected chi connectivity index (χ2v) is 10.0. The zero-order valence-corrected chi connectivity index (χ0v) is 17.7. The van der Waals surface area contributed by atoms with E-state index in [1.807, 2.05) is 22.0 Å². The number of carbonyl (C=O) groups excluding carboxylic acids is 1. The van der Waals surface area contributed by atoms with E-state index in [2.05, 4.69) is 15.0 Å². The number of nitrogens with one attached hydrogen (secondary N) is 2. The third kappa shape index (κ3) is 3.45. The van der Waals surface area contributed by atoms with Crippen molar-refractivity contribution in [2.45, 2.75) is 4.90 Å². The van der Waals surface area contributed by atoms with Crippen LogP contribution in [0.1, 0.15) is 9.67 Å². The van der Waals surface area contributed by atoms with Gasteiger partial charge in [0.1, 0.15) is 4.83 Å². The molecule has 0 spiro atoms. The highest BCUT2D eigenvalue weighted by molar-refractivity contribution is 7.92. The van der Waals surface area contributed by atoms with Crippen LogP contribution < -0.4 is 10.0 Å². The summed E-state index contributed by atoms with van der Waals surface area (Å²) in [6.45, 7) is 0. The van der Waals surface area contributed by atoms with E-state index in [1.54, 1.807) is 53.8 Å². The van der Waals surface area contributed by atoms with E-state index in [9.17, 15) is 13.2 Å². The fourth-order valence-electron chi connectivity index (χ4n) is 3.03. The number of rotatable bonds is 5. The van der Waals surface area contributed by atoms with Crippen molar-refractivity contribution in [1.29, 1.82) is 0 Å². The van der Waals surface area contributed by atoms with Crippen molar-refractivity contribution in [3.05, 3.63) is 77.1 Å². The van der Waals surface area contributed by atoms with Gasteiger partial charge in [-0.05, 0) is 36.4 Å². The molecule has 30 heavy (non-hydrogen) atoms. The Balaban J connectivity index is 1.36. The number of thiophene rings is 1. The first kappa shape index (κ1) is 18.8. The van der Waals surface area contributed by atoms with Gasteiger partial charge in [0.05, 0.1) is 21.0 Å². The van der Waals surface area contributed by atoms with Gasteiger partial charge in [-0.25, -0.2) is 13.4 Å². The van der Waals surface area contributed by atoms with Gasteiger partial charge in [-0.3, -0.25) is 13.9 Å². The van der Waals surface area contributed by atoms with Crippen LogP contribution in [0.25, 0.3) is 15.3 Å². The van der Waals surface area contributed by atoms with Crippen LogP contribution in [-0.2, 0) is 10.0 Å². The Morgan fingerprint density at radius 3 is 2.63 bits per heavy atom. The number of fused-ring (bicyclic) bond motifs is 3. The number of aromatic nitrogens is 2. The minimum absolute atomic E-state index is 0.168. The molecule has 0 saturated heterocycles. The number of nitrogens with zero attached hydrogens (tertiary/aromatic N) is 2. The maximum atomic E-state index is 12.7. The zero-order chi connectivity index (χ0) is 20.7. The Morgan fingerprint density at radius 2 is 1.80 bits per heavy atom. The summed E-state index contributed by atoms with van der Waals surface area (Å²) in [5, 5.41) is 4.76. The lowest BCUT2D eigenvalue weighted by Crippen LogP contribution is -2.14. The Hall–Kier alpha value is -3.21. The summed E-state index contributed by atoms with van der Waals surface area (Å²) in [6, 6.07) is 16.5. The number of hydrogen-bond donors (Lipinski definition) is 2. The smallest absolute Gasteiger partial charge is 0.265 e. The van der Waals surface area contributed by atoms with Crippen molar-refractivity contribution in [3.63, 3.8) is 0 Å². The van der Waals surface area contributed by atoms with Crippen LogP contribution in [0.3, 0.4) is 0 Å². The molecule has 3 heterocycles. The van der Waals surface area contributed by atoms with Crippen LogP contribution in [0.2, 0.25) is 0 Å². The molecule has 10 heteroatoms. The van der Waals surface area contributed by atoms with E-state index >= 15 is 0 Å². The number of amides is 1. The van der Waals surface area contributed by atoms with Gasteiger partial charge in [-0.15, -0.1) is 22.7 Å². The van der Waals surface area contributed by atoms with Gasteiger partial charge < -0.3 is 5.32 Å². The van der Waals surface area contributed by atoms with E-state index in [1.165, 1.54) is 23.5 Å². The van der Waals surface area contributed by atoms with Crippen LogP contribution in [0, 0.1) is 0 Å². The van der Waals surface area contributed by atoms with Gasteiger partial charge in [0.25, 0.3) is 15.9 Å². The van der Waals surface area contributed by atoms with Gasteiger partial charge in [0.2, 0.25) is 0 Å². The normalized spacial score (nSPS) is 11.7. The van der Waals surface area contributed by atoms with E-state index in [0.29, 0.717) is 16.3 Å². The predicted octanol–water partition coefficient (Wildman–Crippen LogP) is 4.66. The average Bonchev–Trinajstić information content (AvgIpc) is 3.41. The summed E-state index contributed by atoms with van der Waals surface area (Å²) in [7, 11) is -3.71. The number of hydrogen-bond acceptors (Lipinski definition) is 6. The van der Waals surface area contributed by atoms with Gasteiger partial charge >= 0.3 is 0 Å². The highest BCUT2D eigenvalue weighted by atomic mass is 32.2. The molecule has 0 unspecified atom stereocenters. The number of carbonyl (C=O) groups is 1. The lowest BCUT2D eigenvalue weighted by atomic mass is 10.3. The van der Waals surface area contributed by atoms with E-state index in [-0.39, 0.29) is 10.8 Å². The molecule has 7 nitrogen and oxygen atoms in total. The minimum Gasteiger partial charge on any atom is -0.321 e. The Morgan fingerprint density at radius 1 is 1.00 bits per heavy atom. The molecule has 5 rings (SSSR count). The summed E-state index contributed by atoms with van der Waals surface area (Å²) < 4.78 is 29.5. The summed E-state index contributed by atoms with van der Waals surface area (Å²) >= 11 is 2.86.